The number of allylic oxidation sites excluding steroid dienone is 2. The minimum atomic E-state index is -3.45. The van der Waals surface area contributed by atoms with Crippen LogP contribution in [0, 0.1) is 5.92 Å². The van der Waals surface area contributed by atoms with E-state index in [4.69, 9.17) is 0 Å². The zero-order chi connectivity index (χ0) is 9.35. The first-order chi connectivity index (χ1) is 5.41. The van der Waals surface area contributed by atoms with Gasteiger partial charge in [-0.15, -0.1) is 8.78 Å². The van der Waals surface area contributed by atoms with Crippen LogP contribution in [0.3, 0.4) is 0 Å². The van der Waals surface area contributed by atoms with Crippen molar-refractivity contribution in [3.63, 3.8) is 0 Å². The van der Waals surface area contributed by atoms with Gasteiger partial charge < -0.3 is 9.47 Å². The molecule has 0 saturated heterocycles. The van der Waals surface area contributed by atoms with E-state index < -0.39 is 6.29 Å². The molecule has 4 heteroatoms. The van der Waals surface area contributed by atoms with Crippen molar-refractivity contribution in [1.82, 2.24) is 0 Å². The highest BCUT2D eigenvalue weighted by Gasteiger charge is 2.43. The molecule has 0 N–H and O–H groups in total. The van der Waals surface area contributed by atoms with Crippen LogP contribution in [0.25, 0.3) is 0 Å². The fourth-order valence-corrected chi connectivity index (χ4v) is 1.03. The van der Waals surface area contributed by atoms with Gasteiger partial charge in [0.1, 0.15) is 11.5 Å². The molecule has 0 spiro atoms. The highest BCUT2D eigenvalue weighted by Crippen LogP contribution is 2.35. The highest BCUT2D eigenvalue weighted by atomic mass is 19.3. The summed E-state index contributed by atoms with van der Waals surface area (Å²) in [4.78, 5) is 0. The topological polar surface area (TPSA) is 18.5 Å². The Morgan fingerprint density at radius 1 is 1.33 bits per heavy atom. The lowest BCUT2D eigenvalue weighted by Gasteiger charge is -2.08. The molecule has 1 rings (SSSR count). The van der Waals surface area contributed by atoms with Crippen molar-refractivity contribution >= 4 is 0 Å². The maximum absolute atomic E-state index is 12.4. The van der Waals surface area contributed by atoms with Gasteiger partial charge in [0.15, 0.2) is 0 Å². The van der Waals surface area contributed by atoms with E-state index in [0.717, 1.165) is 0 Å². The van der Waals surface area contributed by atoms with Crippen molar-refractivity contribution in [2.24, 2.45) is 5.92 Å². The molecule has 0 aromatic carbocycles. The quantitative estimate of drug-likeness (QED) is 0.647. The molecule has 0 aromatic heterocycles. The van der Waals surface area contributed by atoms with Crippen molar-refractivity contribution in [1.29, 1.82) is 0 Å². The largest absolute Gasteiger partial charge is 0.585 e. The molecule has 0 atom stereocenters. The average Bonchev–Trinajstić information content (AvgIpc) is 2.03. The van der Waals surface area contributed by atoms with Gasteiger partial charge >= 0.3 is 6.29 Å². The van der Waals surface area contributed by atoms with E-state index in [0.29, 0.717) is 6.42 Å². The second-order valence-corrected chi connectivity index (χ2v) is 3.24. The van der Waals surface area contributed by atoms with Gasteiger partial charge in [0.25, 0.3) is 0 Å². The van der Waals surface area contributed by atoms with Gasteiger partial charge in [0.2, 0.25) is 0 Å². The standard InChI is InChI=1S/C8H12F2O2/c1-5(2)4-7-6(3)11-8(9,10)12-7/h5H,4H2,1-3H3. The smallest absolute Gasteiger partial charge is 0.401 e. The SMILES string of the molecule is CC1=C(CC(C)C)OC(F)(F)O1. The van der Waals surface area contributed by atoms with Gasteiger partial charge in [-0.25, -0.2) is 0 Å². The Labute approximate surface area is 70.2 Å². The Morgan fingerprint density at radius 3 is 2.25 bits per heavy atom. The molecule has 0 aliphatic carbocycles. The number of halogens is 2. The van der Waals surface area contributed by atoms with Gasteiger partial charge in [-0.05, 0) is 12.8 Å². The number of hydrogen-bond acceptors (Lipinski definition) is 2. The normalized spacial score (nSPS) is 21.2. The first-order valence-electron chi connectivity index (χ1n) is 3.86. The predicted octanol–water partition coefficient (Wildman–Crippen LogP) is 2.86. The molecule has 0 unspecified atom stereocenters. The minimum Gasteiger partial charge on any atom is -0.401 e. The Kier molecular flexibility index (Phi) is 2.26. The number of hydrogen-bond donors (Lipinski definition) is 0. The Bertz CT molecular complexity index is 209. The van der Waals surface area contributed by atoms with Crippen LogP contribution in [0.15, 0.2) is 11.5 Å². The minimum absolute atomic E-state index is 0.189. The maximum atomic E-state index is 12.4. The highest BCUT2D eigenvalue weighted by molar-refractivity contribution is 5.03. The molecular weight excluding hydrogens is 166 g/mol. The molecule has 12 heavy (non-hydrogen) atoms. The molecular formula is C8H12F2O2. The van der Waals surface area contributed by atoms with Crippen molar-refractivity contribution in [3.05, 3.63) is 11.5 Å². The van der Waals surface area contributed by atoms with Gasteiger partial charge in [0.05, 0.1) is 0 Å². The maximum Gasteiger partial charge on any atom is 0.585 e. The van der Waals surface area contributed by atoms with Crippen molar-refractivity contribution < 1.29 is 18.3 Å². The molecule has 1 heterocycles. The summed E-state index contributed by atoms with van der Waals surface area (Å²) in [7, 11) is 0. The molecule has 0 fully saturated rings. The van der Waals surface area contributed by atoms with Crippen molar-refractivity contribution in [2.75, 3.05) is 0 Å². The Balaban J connectivity index is 2.60. The lowest BCUT2D eigenvalue weighted by atomic mass is 10.1. The van der Waals surface area contributed by atoms with Crippen LogP contribution in [-0.2, 0) is 9.47 Å². The summed E-state index contributed by atoms with van der Waals surface area (Å²) in [6, 6.07) is 0. The van der Waals surface area contributed by atoms with E-state index in [1.54, 1.807) is 0 Å². The van der Waals surface area contributed by atoms with E-state index in [2.05, 4.69) is 9.47 Å². The van der Waals surface area contributed by atoms with Gasteiger partial charge in [-0.2, -0.15) is 0 Å². The molecule has 0 amide bonds. The molecule has 70 valence electrons. The van der Waals surface area contributed by atoms with Crippen LogP contribution in [0.1, 0.15) is 27.2 Å². The van der Waals surface area contributed by atoms with Gasteiger partial charge in [0, 0.05) is 6.42 Å². The molecule has 1 aliphatic heterocycles. The number of alkyl halides is 2. The van der Waals surface area contributed by atoms with Crippen LogP contribution in [0.5, 0.6) is 0 Å². The second-order valence-electron chi connectivity index (χ2n) is 3.24. The molecule has 0 aromatic rings. The first kappa shape index (κ1) is 9.29. The summed E-state index contributed by atoms with van der Waals surface area (Å²) >= 11 is 0. The monoisotopic (exact) mass is 178 g/mol. The lowest BCUT2D eigenvalue weighted by Crippen LogP contribution is -2.16. The molecule has 0 radical (unpaired) electrons. The molecule has 0 bridgehead atoms. The van der Waals surface area contributed by atoms with E-state index in [1.807, 2.05) is 13.8 Å². The summed E-state index contributed by atoms with van der Waals surface area (Å²) in [5.74, 6) is 0.733. The van der Waals surface area contributed by atoms with Crippen LogP contribution in [0.2, 0.25) is 0 Å². The summed E-state index contributed by atoms with van der Waals surface area (Å²) in [6.07, 6.45) is -2.96. The third kappa shape index (κ3) is 2.09. The molecule has 2 nitrogen and oxygen atoms in total. The lowest BCUT2D eigenvalue weighted by molar-refractivity contribution is -0.337. The van der Waals surface area contributed by atoms with Gasteiger partial charge in [-0.3, -0.25) is 0 Å². The second kappa shape index (κ2) is 2.92. The summed E-state index contributed by atoms with van der Waals surface area (Å²) < 4.78 is 33.3. The molecule has 0 saturated carbocycles. The van der Waals surface area contributed by atoms with E-state index in [-0.39, 0.29) is 17.4 Å². The molecule has 1 aliphatic rings. The van der Waals surface area contributed by atoms with E-state index in [1.165, 1.54) is 6.92 Å². The van der Waals surface area contributed by atoms with E-state index in [9.17, 15) is 8.78 Å². The van der Waals surface area contributed by atoms with Crippen LogP contribution in [-0.4, -0.2) is 6.29 Å². The average molecular weight is 178 g/mol. The first-order valence-corrected chi connectivity index (χ1v) is 3.86. The van der Waals surface area contributed by atoms with Crippen LogP contribution >= 0.6 is 0 Å². The van der Waals surface area contributed by atoms with Crippen LogP contribution in [0.4, 0.5) is 8.78 Å². The Hall–Kier alpha value is -0.800. The van der Waals surface area contributed by atoms with E-state index >= 15 is 0 Å². The third-order valence-electron chi connectivity index (χ3n) is 1.50. The zero-order valence-electron chi connectivity index (χ0n) is 7.36. The van der Waals surface area contributed by atoms with Gasteiger partial charge in [-0.1, -0.05) is 13.8 Å². The predicted molar refractivity (Wildman–Crippen MR) is 39.3 cm³/mol. The Morgan fingerprint density at radius 2 is 1.92 bits per heavy atom. The summed E-state index contributed by atoms with van der Waals surface area (Å²) in [5.41, 5.74) is 0. The fraction of sp³-hybridized carbons (Fsp3) is 0.750. The third-order valence-corrected chi connectivity index (χ3v) is 1.50. The summed E-state index contributed by atoms with van der Waals surface area (Å²) in [5, 5.41) is 0. The van der Waals surface area contributed by atoms with Crippen LogP contribution < -0.4 is 0 Å². The fourth-order valence-electron chi connectivity index (χ4n) is 1.03. The van der Waals surface area contributed by atoms with Crippen molar-refractivity contribution in [3.8, 4) is 0 Å². The summed E-state index contributed by atoms with van der Waals surface area (Å²) in [6.45, 7) is 5.35. The van der Waals surface area contributed by atoms with Crippen molar-refractivity contribution in [2.45, 2.75) is 33.5 Å². The zero-order valence-corrected chi connectivity index (χ0v) is 7.36. The number of rotatable bonds is 2. The number of ether oxygens (including phenoxy) is 2.